The van der Waals surface area contributed by atoms with Crippen LogP contribution in [-0.4, -0.2) is 40.9 Å². The molecular weight excluding hydrogens is 410 g/mol. The molecule has 0 unspecified atom stereocenters. The predicted octanol–water partition coefficient (Wildman–Crippen LogP) is 3.72. The summed E-state index contributed by atoms with van der Waals surface area (Å²) in [5.41, 5.74) is 3.16. The number of thioether (sulfide) groups is 1. The molecule has 0 fully saturated rings. The molecule has 0 radical (unpaired) electrons. The molecule has 9 heteroatoms. The van der Waals surface area contributed by atoms with Gasteiger partial charge in [0, 0.05) is 10.6 Å². The van der Waals surface area contributed by atoms with Gasteiger partial charge in [-0.1, -0.05) is 18.7 Å². The van der Waals surface area contributed by atoms with Gasteiger partial charge in [0.15, 0.2) is 10.8 Å². The van der Waals surface area contributed by atoms with E-state index in [1.165, 1.54) is 29.2 Å². The van der Waals surface area contributed by atoms with Gasteiger partial charge in [-0.3, -0.25) is 9.59 Å². The molecule has 1 aromatic carbocycles. The van der Waals surface area contributed by atoms with Crippen molar-refractivity contribution in [1.82, 2.24) is 4.98 Å². The zero-order chi connectivity index (χ0) is 21.4. The predicted molar refractivity (Wildman–Crippen MR) is 118 cm³/mol. The third-order valence-electron chi connectivity index (χ3n) is 3.83. The monoisotopic (exact) mass is 433 g/mol. The van der Waals surface area contributed by atoms with E-state index in [-0.39, 0.29) is 35.6 Å². The molecule has 0 bridgehead atoms. The second kappa shape index (κ2) is 10.8. The van der Waals surface area contributed by atoms with Crippen molar-refractivity contribution >= 4 is 51.7 Å². The molecule has 29 heavy (non-hydrogen) atoms. The molecule has 0 saturated carbocycles. The molecule has 2 aromatic rings. The summed E-state index contributed by atoms with van der Waals surface area (Å²) in [4.78, 5) is 40.7. The fourth-order valence-corrected chi connectivity index (χ4v) is 3.68. The van der Waals surface area contributed by atoms with Gasteiger partial charge < -0.3 is 15.4 Å². The number of esters is 1. The van der Waals surface area contributed by atoms with E-state index < -0.39 is 5.97 Å². The highest BCUT2D eigenvalue weighted by atomic mass is 32.2. The van der Waals surface area contributed by atoms with Crippen LogP contribution >= 0.6 is 23.1 Å². The molecular formula is C20H23N3O4S2. The highest BCUT2D eigenvalue weighted by Crippen LogP contribution is 2.23. The number of nitrogens with zero attached hydrogens (tertiary/aromatic N) is 1. The van der Waals surface area contributed by atoms with Gasteiger partial charge in [-0.25, -0.2) is 9.78 Å². The number of benzene rings is 1. The molecule has 0 aliphatic heterocycles. The molecule has 0 atom stereocenters. The number of ether oxygens (including phenoxy) is 1. The van der Waals surface area contributed by atoms with Crippen molar-refractivity contribution < 1.29 is 19.1 Å². The van der Waals surface area contributed by atoms with Crippen molar-refractivity contribution in [1.29, 1.82) is 0 Å². The maximum atomic E-state index is 12.1. The number of nitrogens with one attached hydrogen (secondary N) is 2. The fourth-order valence-electron chi connectivity index (χ4n) is 2.25. The second-order valence-electron chi connectivity index (χ2n) is 6.20. The SMILES string of the molecule is C=CCOC(=O)c1nc(NC(=O)CSCC(=O)Nc2ccc(C)c(C)c2)sc1C. The summed E-state index contributed by atoms with van der Waals surface area (Å²) in [6.07, 6.45) is 1.47. The summed E-state index contributed by atoms with van der Waals surface area (Å²) >= 11 is 2.38. The second-order valence-corrected chi connectivity index (χ2v) is 8.39. The van der Waals surface area contributed by atoms with Crippen molar-refractivity contribution in [3.63, 3.8) is 0 Å². The van der Waals surface area contributed by atoms with Crippen LogP contribution in [0.1, 0.15) is 26.5 Å². The maximum absolute atomic E-state index is 12.1. The van der Waals surface area contributed by atoms with Gasteiger partial charge in [-0.05, 0) is 44.0 Å². The van der Waals surface area contributed by atoms with Crippen LogP contribution in [0, 0.1) is 20.8 Å². The first kappa shape index (κ1) is 22.6. The van der Waals surface area contributed by atoms with Gasteiger partial charge in [0.25, 0.3) is 0 Å². The maximum Gasteiger partial charge on any atom is 0.358 e. The minimum atomic E-state index is -0.559. The summed E-state index contributed by atoms with van der Waals surface area (Å²) in [6.45, 7) is 9.29. The Kier molecular flexibility index (Phi) is 8.41. The number of anilines is 2. The molecule has 1 heterocycles. The van der Waals surface area contributed by atoms with Crippen LogP contribution in [0.5, 0.6) is 0 Å². The number of carbonyl (C=O) groups excluding carboxylic acids is 3. The largest absolute Gasteiger partial charge is 0.457 e. The Morgan fingerprint density at radius 3 is 2.48 bits per heavy atom. The Morgan fingerprint density at radius 2 is 1.83 bits per heavy atom. The van der Waals surface area contributed by atoms with E-state index >= 15 is 0 Å². The molecule has 0 spiro atoms. The fraction of sp³-hybridized carbons (Fsp3) is 0.300. The molecule has 2 rings (SSSR count). The van der Waals surface area contributed by atoms with Gasteiger partial charge in [0.05, 0.1) is 11.5 Å². The smallest absolute Gasteiger partial charge is 0.358 e. The van der Waals surface area contributed by atoms with Crippen molar-refractivity contribution in [3.05, 3.63) is 52.6 Å². The first-order valence-corrected chi connectivity index (χ1v) is 10.8. The average molecular weight is 434 g/mol. The first-order chi connectivity index (χ1) is 13.8. The number of amides is 2. The lowest BCUT2D eigenvalue weighted by Crippen LogP contribution is -2.18. The van der Waals surface area contributed by atoms with E-state index in [1.807, 2.05) is 32.0 Å². The summed E-state index contributed by atoms with van der Waals surface area (Å²) in [7, 11) is 0. The number of hydrogen-bond donors (Lipinski definition) is 2. The van der Waals surface area contributed by atoms with Crippen molar-refractivity contribution in [3.8, 4) is 0 Å². The summed E-state index contributed by atoms with van der Waals surface area (Å²) in [5.74, 6) is -0.792. The van der Waals surface area contributed by atoms with Crippen molar-refractivity contribution in [2.75, 3.05) is 28.7 Å². The lowest BCUT2D eigenvalue weighted by molar-refractivity contribution is -0.114. The van der Waals surface area contributed by atoms with Crippen LogP contribution in [0.3, 0.4) is 0 Å². The highest BCUT2D eigenvalue weighted by molar-refractivity contribution is 8.00. The van der Waals surface area contributed by atoms with E-state index in [0.29, 0.717) is 10.0 Å². The van der Waals surface area contributed by atoms with E-state index in [2.05, 4.69) is 22.2 Å². The van der Waals surface area contributed by atoms with Crippen LogP contribution in [-0.2, 0) is 14.3 Å². The van der Waals surface area contributed by atoms with Crippen LogP contribution in [0.2, 0.25) is 0 Å². The number of aryl methyl sites for hydroxylation is 3. The molecule has 154 valence electrons. The van der Waals surface area contributed by atoms with Gasteiger partial charge >= 0.3 is 5.97 Å². The Morgan fingerprint density at radius 1 is 1.14 bits per heavy atom. The molecule has 2 N–H and O–H groups in total. The number of thiazole rings is 1. The zero-order valence-corrected chi connectivity index (χ0v) is 18.2. The Balaban J connectivity index is 1.78. The molecule has 0 aliphatic rings. The third-order valence-corrected chi connectivity index (χ3v) is 5.64. The lowest BCUT2D eigenvalue weighted by atomic mass is 10.1. The van der Waals surface area contributed by atoms with Gasteiger partial charge in [-0.2, -0.15) is 0 Å². The molecule has 0 saturated heterocycles. The van der Waals surface area contributed by atoms with Crippen LogP contribution in [0.4, 0.5) is 10.8 Å². The zero-order valence-electron chi connectivity index (χ0n) is 16.5. The molecule has 2 amide bonds. The van der Waals surface area contributed by atoms with E-state index in [4.69, 9.17) is 4.74 Å². The normalized spacial score (nSPS) is 10.3. The van der Waals surface area contributed by atoms with E-state index in [0.717, 1.165) is 16.8 Å². The third kappa shape index (κ3) is 7.03. The topological polar surface area (TPSA) is 97.4 Å². The lowest BCUT2D eigenvalue weighted by Gasteiger charge is -2.07. The highest BCUT2D eigenvalue weighted by Gasteiger charge is 2.18. The number of aromatic nitrogens is 1. The minimum absolute atomic E-state index is 0.0925. The summed E-state index contributed by atoms with van der Waals surface area (Å²) in [5, 5.41) is 5.77. The average Bonchev–Trinajstić information content (AvgIpc) is 3.02. The van der Waals surface area contributed by atoms with Gasteiger partial charge in [0.2, 0.25) is 11.8 Å². The molecule has 1 aromatic heterocycles. The Bertz CT molecular complexity index is 924. The van der Waals surface area contributed by atoms with Crippen molar-refractivity contribution in [2.45, 2.75) is 20.8 Å². The molecule has 7 nitrogen and oxygen atoms in total. The van der Waals surface area contributed by atoms with Gasteiger partial charge in [-0.15, -0.1) is 23.1 Å². The molecule has 0 aliphatic carbocycles. The van der Waals surface area contributed by atoms with Crippen molar-refractivity contribution in [2.24, 2.45) is 0 Å². The summed E-state index contributed by atoms with van der Waals surface area (Å²) in [6, 6.07) is 5.70. The van der Waals surface area contributed by atoms with Crippen LogP contribution < -0.4 is 10.6 Å². The van der Waals surface area contributed by atoms with Crippen LogP contribution in [0.15, 0.2) is 30.9 Å². The Hall–Kier alpha value is -2.65. The van der Waals surface area contributed by atoms with Gasteiger partial charge in [0.1, 0.15) is 6.61 Å². The minimum Gasteiger partial charge on any atom is -0.457 e. The standard InChI is InChI=1S/C20H23N3O4S2/c1-5-8-27-19(26)18-14(4)29-20(23-18)22-17(25)11-28-10-16(24)21-15-7-6-12(2)13(3)9-15/h5-7,9H,1,8,10-11H2,2-4H3,(H,21,24)(H,22,23,25). The first-order valence-electron chi connectivity index (χ1n) is 8.80. The van der Waals surface area contributed by atoms with Crippen LogP contribution in [0.25, 0.3) is 0 Å². The number of hydrogen-bond acceptors (Lipinski definition) is 7. The number of rotatable bonds is 9. The van der Waals surface area contributed by atoms with E-state index in [9.17, 15) is 14.4 Å². The quantitative estimate of drug-likeness (QED) is 0.462. The van der Waals surface area contributed by atoms with E-state index in [1.54, 1.807) is 6.92 Å². The number of carbonyl (C=O) groups is 3. The Labute approximate surface area is 177 Å². The summed E-state index contributed by atoms with van der Waals surface area (Å²) < 4.78 is 4.96.